The number of nitrogens with zero attached hydrogens (tertiary/aromatic N) is 2. The van der Waals surface area contributed by atoms with Crippen molar-refractivity contribution < 1.29 is 4.39 Å². The molecule has 0 fully saturated rings. The molecule has 0 aliphatic rings. The predicted octanol–water partition coefficient (Wildman–Crippen LogP) is 3.68. The molecule has 108 valence electrons. The summed E-state index contributed by atoms with van der Waals surface area (Å²) < 4.78 is 15.3. The Morgan fingerprint density at radius 2 is 2.00 bits per heavy atom. The normalized spacial score (nSPS) is 11.0. The van der Waals surface area contributed by atoms with Gasteiger partial charge in [0.15, 0.2) is 0 Å². The van der Waals surface area contributed by atoms with Gasteiger partial charge in [0.05, 0.1) is 11.0 Å². The van der Waals surface area contributed by atoms with Crippen molar-refractivity contribution in [2.45, 2.75) is 13.3 Å². The Kier molecular flexibility index (Phi) is 3.60. The van der Waals surface area contributed by atoms with Crippen molar-refractivity contribution in [2.24, 2.45) is 7.05 Å². The van der Waals surface area contributed by atoms with Crippen molar-refractivity contribution in [1.82, 2.24) is 9.55 Å². The van der Waals surface area contributed by atoms with E-state index >= 15 is 0 Å². The number of fused-ring (bicyclic) bond motifs is 1. The molecule has 1 aromatic heterocycles. The molecule has 0 aliphatic carbocycles. The second-order valence-corrected chi connectivity index (χ2v) is 5.21. The van der Waals surface area contributed by atoms with Gasteiger partial charge in [-0.3, -0.25) is 0 Å². The number of aryl methyl sites for hydroxylation is 2. The van der Waals surface area contributed by atoms with Gasteiger partial charge in [0, 0.05) is 31.8 Å². The fourth-order valence-electron chi connectivity index (χ4n) is 2.53. The van der Waals surface area contributed by atoms with E-state index in [0.29, 0.717) is 5.52 Å². The molecule has 0 saturated heterocycles. The molecule has 0 amide bonds. The molecule has 0 bridgehead atoms. The predicted molar refractivity (Wildman–Crippen MR) is 84.0 cm³/mol. The zero-order chi connectivity index (χ0) is 14.8. The Hall–Kier alpha value is -2.36. The Morgan fingerprint density at radius 3 is 2.81 bits per heavy atom. The van der Waals surface area contributed by atoms with Crippen LogP contribution in [0.5, 0.6) is 0 Å². The minimum absolute atomic E-state index is 0.245. The van der Waals surface area contributed by atoms with Crippen molar-refractivity contribution in [3.05, 3.63) is 59.7 Å². The Bertz CT molecular complexity index is 777. The molecular weight excluding hydrogens is 265 g/mol. The number of hydrogen-bond acceptors (Lipinski definition) is 2. The van der Waals surface area contributed by atoms with E-state index < -0.39 is 0 Å². The van der Waals surface area contributed by atoms with Gasteiger partial charge in [-0.1, -0.05) is 18.2 Å². The molecular formula is C17H18FN3. The van der Waals surface area contributed by atoms with Gasteiger partial charge in [-0.05, 0) is 30.7 Å². The molecule has 0 unspecified atom stereocenters. The van der Waals surface area contributed by atoms with Crippen LogP contribution >= 0.6 is 0 Å². The SMILES string of the molecule is Cc1ccccc1NCCc1nc2cc(F)ccc2n1C. The number of anilines is 1. The van der Waals surface area contributed by atoms with Crippen LogP contribution in [0, 0.1) is 12.7 Å². The number of para-hydroxylation sites is 1. The summed E-state index contributed by atoms with van der Waals surface area (Å²) in [5.41, 5.74) is 4.04. The number of benzene rings is 2. The van der Waals surface area contributed by atoms with Crippen LogP contribution < -0.4 is 5.32 Å². The molecule has 21 heavy (non-hydrogen) atoms. The van der Waals surface area contributed by atoms with Crippen molar-refractivity contribution in [2.75, 3.05) is 11.9 Å². The minimum atomic E-state index is -0.245. The van der Waals surface area contributed by atoms with Gasteiger partial charge < -0.3 is 9.88 Å². The summed E-state index contributed by atoms with van der Waals surface area (Å²) in [7, 11) is 1.97. The van der Waals surface area contributed by atoms with Gasteiger partial charge in [0.2, 0.25) is 0 Å². The number of aromatic nitrogens is 2. The highest BCUT2D eigenvalue weighted by atomic mass is 19.1. The van der Waals surface area contributed by atoms with Gasteiger partial charge in [-0.2, -0.15) is 0 Å². The van der Waals surface area contributed by atoms with Crippen LogP contribution in [-0.4, -0.2) is 16.1 Å². The molecule has 3 rings (SSSR count). The first-order valence-corrected chi connectivity index (χ1v) is 7.05. The molecule has 4 heteroatoms. The van der Waals surface area contributed by atoms with E-state index in [-0.39, 0.29) is 5.82 Å². The number of nitrogens with one attached hydrogen (secondary N) is 1. The highest BCUT2D eigenvalue weighted by molar-refractivity contribution is 5.76. The van der Waals surface area contributed by atoms with E-state index in [9.17, 15) is 4.39 Å². The van der Waals surface area contributed by atoms with Gasteiger partial charge in [-0.15, -0.1) is 0 Å². The first kappa shape index (κ1) is 13.6. The summed E-state index contributed by atoms with van der Waals surface area (Å²) in [6.45, 7) is 2.88. The zero-order valence-electron chi connectivity index (χ0n) is 12.2. The molecule has 3 nitrogen and oxygen atoms in total. The molecule has 1 heterocycles. The van der Waals surface area contributed by atoms with Gasteiger partial charge in [0.1, 0.15) is 11.6 Å². The standard InChI is InChI=1S/C17H18FN3/c1-12-5-3-4-6-14(12)19-10-9-17-20-15-11-13(18)7-8-16(15)21(17)2/h3-8,11,19H,9-10H2,1-2H3. The van der Waals surface area contributed by atoms with Crippen molar-refractivity contribution in [1.29, 1.82) is 0 Å². The smallest absolute Gasteiger partial charge is 0.125 e. The van der Waals surface area contributed by atoms with Gasteiger partial charge >= 0.3 is 0 Å². The Labute approximate surface area is 123 Å². The zero-order valence-corrected chi connectivity index (χ0v) is 12.2. The summed E-state index contributed by atoms with van der Waals surface area (Å²) in [4.78, 5) is 4.51. The van der Waals surface area contributed by atoms with E-state index in [4.69, 9.17) is 0 Å². The first-order valence-electron chi connectivity index (χ1n) is 7.05. The van der Waals surface area contributed by atoms with Crippen LogP contribution in [0.4, 0.5) is 10.1 Å². The molecule has 1 N–H and O–H groups in total. The third-order valence-corrected chi connectivity index (χ3v) is 3.74. The van der Waals surface area contributed by atoms with Crippen LogP contribution in [0.15, 0.2) is 42.5 Å². The summed E-state index contributed by atoms with van der Waals surface area (Å²) >= 11 is 0. The summed E-state index contributed by atoms with van der Waals surface area (Å²) in [6.07, 6.45) is 0.793. The molecule has 0 saturated carbocycles. The number of halogens is 1. The van der Waals surface area contributed by atoms with E-state index in [1.807, 2.05) is 23.7 Å². The maximum Gasteiger partial charge on any atom is 0.125 e. The molecule has 2 aromatic carbocycles. The lowest BCUT2D eigenvalue weighted by atomic mass is 10.2. The molecule has 0 aliphatic heterocycles. The Morgan fingerprint density at radius 1 is 1.19 bits per heavy atom. The summed E-state index contributed by atoms with van der Waals surface area (Å²) in [6, 6.07) is 12.9. The fourth-order valence-corrected chi connectivity index (χ4v) is 2.53. The molecule has 0 spiro atoms. The van der Waals surface area contributed by atoms with Crippen LogP contribution in [0.3, 0.4) is 0 Å². The highest BCUT2D eigenvalue weighted by Gasteiger charge is 2.08. The summed E-state index contributed by atoms with van der Waals surface area (Å²) in [5.74, 6) is 0.710. The van der Waals surface area contributed by atoms with Crippen molar-refractivity contribution in [3.63, 3.8) is 0 Å². The van der Waals surface area contributed by atoms with Gasteiger partial charge in [-0.25, -0.2) is 9.37 Å². The quantitative estimate of drug-likeness (QED) is 0.791. The largest absolute Gasteiger partial charge is 0.384 e. The van der Waals surface area contributed by atoms with Crippen LogP contribution in [-0.2, 0) is 13.5 Å². The third-order valence-electron chi connectivity index (χ3n) is 3.74. The third kappa shape index (κ3) is 2.75. The second-order valence-electron chi connectivity index (χ2n) is 5.21. The summed E-state index contributed by atoms with van der Waals surface area (Å²) in [5, 5.41) is 3.42. The van der Waals surface area contributed by atoms with Crippen LogP contribution in [0.25, 0.3) is 11.0 Å². The number of rotatable bonds is 4. The van der Waals surface area contributed by atoms with E-state index in [0.717, 1.165) is 30.0 Å². The lowest BCUT2D eigenvalue weighted by Gasteiger charge is -2.09. The average Bonchev–Trinajstić information content (AvgIpc) is 2.77. The van der Waals surface area contributed by atoms with Crippen LogP contribution in [0.1, 0.15) is 11.4 Å². The average molecular weight is 283 g/mol. The molecule has 0 atom stereocenters. The lowest BCUT2D eigenvalue weighted by Crippen LogP contribution is -2.09. The Balaban J connectivity index is 1.74. The number of hydrogen-bond donors (Lipinski definition) is 1. The van der Waals surface area contributed by atoms with Crippen LogP contribution in [0.2, 0.25) is 0 Å². The topological polar surface area (TPSA) is 29.9 Å². The number of imidazole rings is 1. The second kappa shape index (κ2) is 5.56. The lowest BCUT2D eigenvalue weighted by molar-refractivity contribution is 0.629. The van der Waals surface area contributed by atoms with E-state index in [2.05, 4.69) is 29.4 Å². The van der Waals surface area contributed by atoms with E-state index in [1.165, 1.54) is 17.7 Å². The highest BCUT2D eigenvalue weighted by Crippen LogP contribution is 2.17. The fraction of sp³-hybridized carbons (Fsp3) is 0.235. The maximum atomic E-state index is 13.2. The monoisotopic (exact) mass is 283 g/mol. The minimum Gasteiger partial charge on any atom is -0.384 e. The van der Waals surface area contributed by atoms with Crippen molar-refractivity contribution in [3.8, 4) is 0 Å². The maximum absolute atomic E-state index is 13.2. The first-order chi connectivity index (χ1) is 10.1. The van der Waals surface area contributed by atoms with E-state index in [1.54, 1.807) is 6.07 Å². The molecule has 0 radical (unpaired) electrons. The van der Waals surface area contributed by atoms with Crippen molar-refractivity contribution >= 4 is 16.7 Å². The van der Waals surface area contributed by atoms with Gasteiger partial charge in [0.25, 0.3) is 0 Å². The molecule has 3 aromatic rings.